The third-order valence-corrected chi connectivity index (χ3v) is 5.06. The summed E-state index contributed by atoms with van der Waals surface area (Å²) in [5.41, 5.74) is -0.464. The fourth-order valence-corrected chi connectivity index (χ4v) is 3.51. The van der Waals surface area contributed by atoms with E-state index in [0.29, 0.717) is 24.2 Å². The van der Waals surface area contributed by atoms with Gasteiger partial charge in [0.15, 0.2) is 11.8 Å². The lowest BCUT2D eigenvalue weighted by atomic mass is 9.96. The number of rotatable bonds is 7. The number of guanidine groups is 1. The number of aromatic nitrogens is 2. The monoisotopic (exact) mass is 422 g/mol. The summed E-state index contributed by atoms with van der Waals surface area (Å²) in [5.74, 6) is 2.75. The summed E-state index contributed by atoms with van der Waals surface area (Å²) in [6.45, 7) is 13.6. The number of aliphatic imine (C=N–C) groups is 1. The van der Waals surface area contributed by atoms with Gasteiger partial charge in [0.2, 0.25) is 5.89 Å². The summed E-state index contributed by atoms with van der Waals surface area (Å²) in [5, 5.41) is 7.24. The van der Waals surface area contributed by atoms with Crippen LogP contribution >= 0.6 is 0 Å². The average molecular weight is 423 g/mol. The highest BCUT2D eigenvalue weighted by Crippen LogP contribution is 2.20. The first-order valence-corrected chi connectivity index (χ1v) is 10.9. The molecule has 1 aliphatic rings. The lowest BCUT2D eigenvalue weighted by Crippen LogP contribution is -2.48. The maximum Gasteiger partial charge on any atom is 0.410 e. The van der Waals surface area contributed by atoms with Gasteiger partial charge < -0.3 is 24.4 Å². The van der Waals surface area contributed by atoms with Crippen molar-refractivity contribution < 1.29 is 14.1 Å². The van der Waals surface area contributed by atoms with Crippen molar-refractivity contribution in [3.05, 3.63) is 11.7 Å². The van der Waals surface area contributed by atoms with Crippen molar-refractivity contribution in [3.63, 3.8) is 0 Å². The number of carbonyl (C=O) groups is 1. The van der Waals surface area contributed by atoms with Crippen molar-refractivity contribution in [1.29, 1.82) is 0 Å². The van der Waals surface area contributed by atoms with Crippen LogP contribution in [0.5, 0.6) is 0 Å². The fourth-order valence-electron chi connectivity index (χ4n) is 3.51. The molecule has 2 rings (SSSR count). The van der Waals surface area contributed by atoms with E-state index in [2.05, 4.69) is 25.3 Å². The van der Waals surface area contributed by atoms with Crippen LogP contribution in [0.25, 0.3) is 0 Å². The molecule has 9 nitrogen and oxygen atoms in total. The summed E-state index contributed by atoms with van der Waals surface area (Å²) in [7, 11) is 1.82. The zero-order chi connectivity index (χ0) is 22.1. The van der Waals surface area contributed by atoms with Crippen LogP contribution in [-0.2, 0) is 11.2 Å². The van der Waals surface area contributed by atoms with E-state index < -0.39 is 5.60 Å². The maximum atomic E-state index is 12.4. The molecule has 1 aliphatic heterocycles. The molecule has 0 radical (unpaired) electrons. The number of nitrogens with zero attached hydrogens (tertiary/aromatic N) is 5. The van der Waals surface area contributed by atoms with Gasteiger partial charge in [0.25, 0.3) is 0 Å². The SMILES string of the molecule is CCN(CC1CCN(C(=NC)NCCCc2nc(C)no2)CC1)C(=O)OC(C)(C)C. The van der Waals surface area contributed by atoms with E-state index in [9.17, 15) is 4.79 Å². The van der Waals surface area contributed by atoms with Gasteiger partial charge in [0, 0.05) is 46.2 Å². The van der Waals surface area contributed by atoms with E-state index >= 15 is 0 Å². The highest BCUT2D eigenvalue weighted by Gasteiger charge is 2.27. The Morgan fingerprint density at radius 3 is 2.60 bits per heavy atom. The highest BCUT2D eigenvalue weighted by atomic mass is 16.6. The number of aryl methyl sites for hydroxylation is 2. The minimum atomic E-state index is -0.464. The maximum absolute atomic E-state index is 12.4. The molecular formula is C21H38N6O3. The Kier molecular flexibility index (Phi) is 8.92. The Labute approximate surface area is 180 Å². The topological polar surface area (TPSA) is 96.1 Å². The standard InChI is InChI=1S/C21H38N6O3/c1-7-26(20(28)29-21(3,4)5)15-17-10-13-27(14-11-17)19(22-6)23-12-8-9-18-24-16(2)25-30-18/h17H,7-15H2,1-6H3,(H,22,23). The van der Waals surface area contributed by atoms with Crippen LogP contribution < -0.4 is 5.32 Å². The van der Waals surface area contributed by atoms with Gasteiger partial charge in [0.05, 0.1) is 0 Å². The van der Waals surface area contributed by atoms with Gasteiger partial charge in [-0.05, 0) is 59.8 Å². The van der Waals surface area contributed by atoms with Crippen LogP contribution in [0.4, 0.5) is 4.79 Å². The number of carbonyl (C=O) groups excluding carboxylic acids is 1. The Morgan fingerprint density at radius 1 is 1.37 bits per heavy atom. The fraction of sp³-hybridized carbons (Fsp3) is 0.810. The summed E-state index contributed by atoms with van der Waals surface area (Å²) in [6, 6.07) is 0. The largest absolute Gasteiger partial charge is 0.444 e. The smallest absolute Gasteiger partial charge is 0.410 e. The lowest BCUT2D eigenvalue weighted by molar-refractivity contribution is 0.0214. The molecule has 170 valence electrons. The van der Waals surface area contributed by atoms with Gasteiger partial charge in [-0.1, -0.05) is 5.16 Å². The number of amides is 1. The van der Waals surface area contributed by atoms with Crippen molar-refractivity contribution in [2.24, 2.45) is 10.9 Å². The van der Waals surface area contributed by atoms with Crippen molar-refractivity contribution in [2.45, 2.75) is 65.9 Å². The van der Waals surface area contributed by atoms with Crippen LogP contribution in [0, 0.1) is 12.8 Å². The lowest BCUT2D eigenvalue weighted by Gasteiger charge is -2.36. The first kappa shape index (κ1) is 24.0. The Balaban J connectivity index is 1.72. The number of hydrogen-bond donors (Lipinski definition) is 1. The van der Waals surface area contributed by atoms with Crippen molar-refractivity contribution in [2.75, 3.05) is 39.8 Å². The summed E-state index contributed by atoms with van der Waals surface area (Å²) in [4.78, 5) is 25.1. The van der Waals surface area contributed by atoms with Crippen LogP contribution in [-0.4, -0.2) is 77.4 Å². The first-order valence-electron chi connectivity index (χ1n) is 10.9. The molecule has 0 aromatic carbocycles. The van der Waals surface area contributed by atoms with Crippen molar-refractivity contribution in [3.8, 4) is 0 Å². The average Bonchev–Trinajstić information content (AvgIpc) is 3.10. The Morgan fingerprint density at radius 2 is 2.07 bits per heavy atom. The molecule has 1 saturated heterocycles. The molecule has 0 bridgehead atoms. The predicted molar refractivity (Wildman–Crippen MR) is 116 cm³/mol. The normalized spacial score (nSPS) is 15.9. The van der Waals surface area contributed by atoms with E-state index in [4.69, 9.17) is 9.26 Å². The van der Waals surface area contributed by atoms with Gasteiger partial charge in [-0.3, -0.25) is 4.99 Å². The third-order valence-electron chi connectivity index (χ3n) is 5.06. The number of nitrogens with one attached hydrogen (secondary N) is 1. The van der Waals surface area contributed by atoms with Crippen LogP contribution in [0.15, 0.2) is 9.52 Å². The van der Waals surface area contributed by atoms with E-state index in [1.54, 1.807) is 0 Å². The van der Waals surface area contributed by atoms with E-state index in [0.717, 1.165) is 57.8 Å². The van der Waals surface area contributed by atoms with Gasteiger partial charge in [-0.2, -0.15) is 4.98 Å². The molecule has 9 heteroatoms. The Hall–Kier alpha value is -2.32. The number of ether oxygens (including phenoxy) is 1. The third kappa shape index (κ3) is 7.84. The molecule has 1 aromatic rings. The number of likely N-dealkylation sites (tertiary alicyclic amines) is 1. The van der Waals surface area contributed by atoms with Crippen LogP contribution in [0.3, 0.4) is 0 Å². The summed E-state index contributed by atoms with van der Waals surface area (Å²) >= 11 is 0. The summed E-state index contributed by atoms with van der Waals surface area (Å²) in [6.07, 6.45) is 3.49. The van der Waals surface area contributed by atoms with Crippen molar-refractivity contribution in [1.82, 2.24) is 25.3 Å². The molecule has 1 amide bonds. The first-order chi connectivity index (χ1) is 14.2. The van der Waals surface area contributed by atoms with E-state index in [1.165, 1.54) is 0 Å². The molecule has 0 unspecified atom stereocenters. The van der Waals surface area contributed by atoms with Crippen molar-refractivity contribution >= 4 is 12.1 Å². The van der Waals surface area contributed by atoms with Crippen LogP contribution in [0.1, 0.15) is 58.7 Å². The molecule has 0 saturated carbocycles. The molecule has 0 aliphatic carbocycles. The van der Waals surface area contributed by atoms with Gasteiger partial charge in [0.1, 0.15) is 5.60 Å². The number of hydrogen-bond acceptors (Lipinski definition) is 6. The molecule has 0 spiro atoms. The molecular weight excluding hydrogens is 384 g/mol. The minimum absolute atomic E-state index is 0.221. The molecule has 1 N–H and O–H groups in total. The van der Waals surface area contributed by atoms with Gasteiger partial charge in [-0.25, -0.2) is 4.79 Å². The molecule has 2 heterocycles. The second-order valence-corrected chi connectivity index (χ2v) is 8.76. The molecule has 30 heavy (non-hydrogen) atoms. The van der Waals surface area contributed by atoms with E-state index in [-0.39, 0.29) is 6.09 Å². The molecule has 0 atom stereocenters. The minimum Gasteiger partial charge on any atom is -0.444 e. The molecule has 1 fully saturated rings. The second kappa shape index (κ2) is 11.2. The zero-order valence-electron chi connectivity index (χ0n) is 19.4. The van der Waals surface area contributed by atoms with Gasteiger partial charge in [-0.15, -0.1) is 0 Å². The Bertz CT molecular complexity index is 689. The van der Waals surface area contributed by atoms with E-state index in [1.807, 2.05) is 46.6 Å². The zero-order valence-corrected chi connectivity index (χ0v) is 19.4. The number of piperidine rings is 1. The quantitative estimate of drug-likeness (QED) is 0.410. The highest BCUT2D eigenvalue weighted by molar-refractivity contribution is 5.79. The molecule has 1 aromatic heterocycles. The van der Waals surface area contributed by atoms with Gasteiger partial charge >= 0.3 is 6.09 Å². The predicted octanol–water partition coefficient (Wildman–Crippen LogP) is 2.86. The second-order valence-electron chi connectivity index (χ2n) is 8.76. The van der Waals surface area contributed by atoms with Crippen LogP contribution in [0.2, 0.25) is 0 Å². The summed E-state index contributed by atoms with van der Waals surface area (Å²) < 4.78 is 10.7.